The molecule has 0 saturated carbocycles. The van der Waals surface area contributed by atoms with Crippen LogP contribution in [0.15, 0.2) is 0 Å². The van der Waals surface area contributed by atoms with E-state index in [-0.39, 0.29) is 0 Å². The molecule has 0 aromatic rings. The van der Waals surface area contributed by atoms with E-state index in [0.717, 1.165) is 0 Å². The van der Waals surface area contributed by atoms with Gasteiger partial charge in [0.2, 0.25) is 0 Å². The average molecular weight is 179 g/mol. The molecule has 6 nitrogen and oxygen atoms in total. The molecule has 0 fully saturated rings. The first kappa shape index (κ1) is 11.8. The zero-order valence-electron chi connectivity index (χ0n) is 7.93. The largest absolute Gasteiger partial charge is 0.302 e. The van der Waals surface area contributed by atoms with Crippen molar-refractivity contribution in [3.05, 3.63) is 0 Å². The molecular formula is C6H17N3O3. The molecule has 0 bridgehead atoms. The van der Waals surface area contributed by atoms with Crippen molar-refractivity contribution in [3.8, 4) is 0 Å². The Kier molecular flexibility index (Phi) is 6.17. The van der Waals surface area contributed by atoms with Crippen molar-refractivity contribution < 1.29 is 14.5 Å². The third-order valence-corrected chi connectivity index (χ3v) is 1.36. The first-order valence-electron chi connectivity index (χ1n) is 3.65. The third kappa shape index (κ3) is 3.44. The Morgan fingerprint density at radius 3 is 1.42 bits per heavy atom. The van der Waals surface area contributed by atoms with E-state index in [1.165, 1.54) is 21.3 Å². The van der Waals surface area contributed by atoms with E-state index < -0.39 is 5.79 Å². The minimum Gasteiger partial charge on any atom is -0.302 e. The summed E-state index contributed by atoms with van der Waals surface area (Å²) < 4.78 is 0. The summed E-state index contributed by atoms with van der Waals surface area (Å²) in [6.07, 6.45) is 0.669. The Morgan fingerprint density at radius 2 is 1.25 bits per heavy atom. The molecule has 0 aliphatic heterocycles. The molecule has 0 amide bonds. The second-order valence-corrected chi connectivity index (χ2v) is 2.18. The van der Waals surface area contributed by atoms with Crippen LogP contribution in [0.4, 0.5) is 0 Å². The lowest BCUT2D eigenvalue weighted by Gasteiger charge is -2.31. The van der Waals surface area contributed by atoms with E-state index in [1.54, 1.807) is 0 Å². The number of hydrogen-bond donors (Lipinski definition) is 3. The zero-order chi connectivity index (χ0) is 9.45. The molecule has 0 aromatic heterocycles. The van der Waals surface area contributed by atoms with Gasteiger partial charge in [0.05, 0.1) is 21.3 Å². The summed E-state index contributed by atoms with van der Waals surface area (Å²) in [5, 5.41) is 0. The molecular weight excluding hydrogens is 162 g/mol. The second kappa shape index (κ2) is 6.30. The summed E-state index contributed by atoms with van der Waals surface area (Å²) >= 11 is 0. The highest BCUT2D eigenvalue weighted by Crippen LogP contribution is 2.00. The fourth-order valence-electron chi connectivity index (χ4n) is 0.802. The van der Waals surface area contributed by atoms with Crippen LogP contribution in [-0.4, -0.2) is 27.1 Å². The minimum atomic E-state index is -0.724. The Hall–Kier alpha value is -0.240. The van der Waals surface area contributed by atoms with Gasteiger partial charge in [0, 0.05) is 0 Å². The predicted molar refractivity (Wildman–Crippen MR) is 43.5 cm³/mol. The molecule has 0 aliphatic rings. The van der Waals surface area contributed by atoms with Crippen LogP contribution in [0, 0.1) is 0 Å². The van der Waals surface area contributed by atoms with Gasteiger partial charge in [0.1, 0.15) is 0 Å². The maximum Gasteiger partial charge on any atom is 0.188 e. The lowest BCUT2D eigenvalue weighted by atomic mass is 10.3. The van der Waals surface area contributed by atoms with Crippen molar-refractivity contribution in [2.75, 3.05) is 21.3 Å². The number of hydroxylamine groups is 3. The summed E-state index contributed by atoms with van der Waals surface area (Å²) in [5.41, 5.74) is 8.03. The quantitative estimate of drug-likeness (QED) is 0.362. The molecule has 0 rings (SSSR count). The van der Waals surface area contributed by atoms with Crippen LogP contribution >= 0.6 is 0 Å². The summed E-state index contributed by atoms with van der Waals surface area (Å²) in [7, 11) is 4.54. The monoisotopic (exact) mass is 179 g/mol. The summed E-state index contributed by atoms with van der Waals surface area (Å²) in [4.78, 5) is 14.3. The van der Waals surface area contributed by atoms with Crippen molar-refractivity contribution in [2.24, 2.45) is 0 Å². The van der Waals surface area contributed by atoms with Crippen LogP contribution in [0.5, 0.6) is 0 Å². The Labute approximate surface area is 72.4 Å². The van der Waals surface area contributed by atoms with E-state index in [1.807, 2.05) is 6.92 Å². The van der Waals surface area contributed by atoms with Crippen molar-refractivity contribution in [3.63, 3.8) is 0 Å². The molecule has 6 heteroatoms. The molecule has 0 aromatic carbocycles. The smallest absolute Gasteiger partial charge is 0.188 e. The van der Waals surface area contributed by atoms with Gasteiger partial charge in [-0.25, -0.2) is 0 Å². The first-order chi connectivity index (χ1) is 5.74. The molecule has 0 heterocycles. The fraction of sp³-hybridized carbons (Fsp3) is 1.00. The number of rotatable bonds is 7. The highest BCUT2D eigenvalue weighted by molar-refractivity contribution is 4.69. The van der Waals surface area contributed by atoms with Gasteiger partial charge < -0.3 is 14.5 Å². The van der Waals surface area contributed by atoms with Gasteiger partial charge in [-0.2, -0.15) is 16.4 Å². The highest BCUT2D eigenvalue weighted by Gasteiger charge is 2.27. The molecule has 0 saturated heterocycles. The van der Waals surface area contributed by atoms with Crippen molar-refractivity contribution in [1.29, 1.82) is 0 Å². The molecule has 0 aliphatic carbocycles. The molecule has 0 radical (unpaired) electrons. The lowest BCUT2D eigenvalue weighted by Crippen LogP contribution is -2.65. The fourth-order valence-corrected chi connectivity index (χ4v) is 0.802. The molecule has 0 spiro atoms. The van der Waals surface area contributed by atoms with E-state index in [2.05, 4.69) is 16.4 Å². The van der Waals surface area contributed by atoms with Crippen LogP contribution in [0.25, 0.3) is 0 Å². The lowest BCUT2D eigenvalue weighted by molar-refractivity contribution is -0.159. The second-order valence-electron chi connectivity index (χ2n) is 2.18. The van der Waals surface area contributed by atoms with Gasteiger partial charge in [0.15, 0.2) is 5.79 Å². The van der Waals surface area contributed by atoms with Gasteiger partial charge in [-0.1, -0.05) is 6.92 Å². The van der Waals surface area contributed by atoms with Crippen molar-refractivity contribution in [2.45, 2.75) is 19.1 Å². The summed E-state index contributed by atoms with van der Waals surface area (Å²) in [6, 6.07) is 0. The van der Waals surface area contributed by atoms with Gasteiger partial charge in [-0.3, -0.25) is 0 Å². The maximum atomic E-state index is 4.77. The van der Waals surface area contributed by atoms with E-state index in [0.29, 0.717) is 6.42 Å². The molecule has 0 unspecified atom stereocenters. The average Bonchev–Trinajstić information content (AvgIpc) is 2.06. The number of nitrogens with one attached hydrogen (secondary N) is 3. The minimum absolute atomic E-state index is 0.669. The van der Waals surface area contributed by atoms with Crippen LogP contribution in [0.3, 0.4) is 0 Å². The normalized spacial score (nSPS) is 12.0. The molecule has 12 heavy (non-hydrogen) atoms. The van der Waals surface area contributed by atoms with E-state index in [9.17, 15) is 0 Å². The third-order valence-electron chi connectivity index (χ3n) is 1.36. The van der Waals surface area contributed by atoms with Crippen molar-refractivity contribution >= 4 is 0 Å². The van der Waals surface area contributed by atoms with Crippen LogP contribution in [-0.2, 0) is 14.5 Å². The first-order valence-corrected chi connectivity index (χ1v) is 3.65. The van der Waals surface area contributed by atoms with Crippen LogP contribution < -0.4 is 16.4 Å². The van der Waals surface area contributed by atoms with Crippen LogP contribution in [0.1, 0.15) is 13.3 Å². The van der Waals surface area contributed by atoms with Gasteiger partial charge >= 0.3 is 0 Å². The Balaban J connectivity index is 4.06. The molecule has 74 valence electrons. The number of hydrogen-bond acceptors (Lipinski definition) is 6. The molecule has 3 N–H and O–H groups in total. The van der Waals surface area contributed by atoms with Crippen LogP contribution in [0.2, 0.25) is 0 Å². The Morgan fingerprint density at radius 1 is 0.917 bits per heavy atom. The van der Waals surface area contributed by atoms with E-state index >= 15 is 0 Å². The van der Waals surface area contributed by atoms with E-state index in [4.69, 9.17) is 14.5 Å². The zero-order valence-corrected chi connectivity index (χ0v) is 7.93. The predicted octanol–water partition coefficient (Wildman–Crippen LogP) is -0.497. The Bertz CT molecular complexity index is 95.2. The topological polar surface area (TPSA) is 63.8 Å². The maximum absolute atomic E-state index is 4.77. The summed E-state index contributed by atoms with van der Waals surface area (Å²) in [5.74, 6) is -0.724. The summed E-state index contributed by atoms with van der Waals surface area (Å²) in [6.45, 7) is 1.93. The van der Waals surface area contributed by atoms with Gasteiger partial charge in [0.25, 0.3) is 0 Å². The standard InChI is InChI=1S/C6H17N3O3/c1-5-6(7-10-2,8-11-3)9-12-4/h7-9H,5H2,1-4H3. The van der Waals surface area contributed by atoms with Gasteiger partial charge in [-0.15, -0.1) is 0 Å². The molecule has 0 atom stereocenters. The van der Waals surface area contributed by atoms with Crippen molar-refractivity contribution in [1.82, 2.24) is 16.4 Å². The van der Waals surface area contributed by atoms with Gasteiger partial charge in [-0.05, 0) is 6.42 Å². The SMILES string of the molecule is CCC(NOC)(NOC)NOC. The highest BCUT2D eigenvalue weighted by atomic mass is 16.7.